The summed E-state index contributed by atoms with van der Waals surface area (Å²) in [6, 6.07) is 13.2. The molecular formula is C19H24N2O5. The van der Waals surface area contributed by atoms with Gasteiger partial charge in [0.15, 0.2) is 0 Å². The molecule has 1 aliphatic rings. The minimum absolute atomic E-state index is 0.0969. The van der Waals surface area contributed by atoms with Crippen molar-refractivity contribution in [2.24, 2.45) is 0 Å². The van der Waals surface area contributed by atoms with Gasteiger partial charge in [-0.15, -0.1) is 0 Å². The van der Waals surface area contributed by atoms with Crippen LogP contribution < -0.4 is 5.32 Å². The second kappa shape index (κ2) is 9.38. The smallest absolute Gasteiger partial charge is 0.410 e. The molecule has 0 bridgehead atoms. The maximum Gasteiger partial charge on any atom is 0.410 e. The summed E-state index contributed by atoms with van der Waals surface area (Å²) in [5.41, 5.74) is 0.966. The highest BCUT2D eigenvalue weighted by Crippen LogP contribution is 2.10. The van der Waals surface area contributed by atoms with Crippen molar-refractivity contribution in [3.8, 4) is 0 Å². The molecule has 1 amide bonds. The van der Waals surface area contributed by atoms with E-state index in [9.17, 15) is 4.79 Å². The van der Waals surface area contributed by atoms with Crippen molar-refractivity contribution in [1.82, 2.24) is 10.2 Å². The van der Waals surface area contributed by atoms with Gasteiger partial charge in [-0.25, -0.2) is 4.79 Å². The van der Waals surface area contributed by atoms with Crippen LogP contribution in [0.5, 0.6) is 0 Å². The molecule has 2 heterocycles. The zero-order chi connectivity index (χ0) is 18.2. The van der Waals surface area contributed by atoms with Gasteiger partial charge in [-0.1, -0.05) is 30.3 Å². The van der Waals surface area contributed by atoms with Crippen molar-refractivity contribution < 1.29 is 23.8 Å². The number of ether oxygens (including phenoxy) is 2. The molecule has 2 N–H and O–H groups in total. The van der Waals surface area contributed by atoms with Crippen LogP contribution in [-0.2, 0) is 29.2 Å². The number of carbonyl (C=O) groups is 1. The summed E-state index contributed by atoms with van der Waals surface area (Å²) in [6.07, 6.45) is -0.416. The Kier molecular flexibility index (Phi) is 6.65. The monoisotopic (exact) mass is 360 g/mol. The van der Waals surface area contributed by atoms with Crippen molar-refractivity contribution in [2.75, 3.05) is 26.2 Å². The van der Waals surface area contributed by atoms with E-state index < -0.39 is 0 Å². The third-order valence-electron chi connectivity index (χ3n) is 4.15. The first-order valence-electron chi connectivity index (χ1n) is 8.71. The number of aliphatic hydroxyl groups is 1. The van der Waals surface area contributed by atoms with Crippen LogP contribution in [0.25, 0.3) is 0 Å². The van der Waals surface area contributed by atoms with E-state index in [1.165, 1.54) is 0 Å². The van der Waals surface area contributed by atoms with Gasteiger partial charge >= 0.3 is 6.09 Å². The third kappa shape index (κ3) is 5.32. The molecule has 140 valence electrons. The van der Waals surface area contributed by atoms with E-state index in [2.05, 4.69) is 5.32 Å². The first-order valence-corrected chi connectivity index (χ1v) is 8.71. The first-order chi connectivity index (χ1) is 12.7. The minimum Gasteiger partial charge on any atom is -0.462 e. The van der Waals surface area contributed by atoms with Gasteiger partial charge in [0.2, 0.25) is 0 Å². The number of carbonyl (C=O) groups excluding carboxylic acids is 1. The molecule has 0 spiro atoms. The van der Waals surface area contributed by atoms with E-state index in [1.54, 1.807) is 11.0 Å². The average Bonchev–Trinajstić information content (AvgIpc) is 3.15. The van der Waals surface area contributed by atoms with Crippen molar-refractivity contribution in [3.05, 3.63) is 59.5 Å². The Morgan fingerprint density at radius 3 is 2.81 bits per heavy atom. The Labute approximate surface area is 152 Å². The maximum atomic E-state index is 12.2. The topological polar surface area (TPSA) is 84.2 Å². The summed E-state index contributed by atoms with van der Waals surface area (Å²) in [4.78, 5) is 13.9. The van der Waals surface area contributed by atoms with Gasteiger partial charge < -0.3 is 29.2 Å². The van der Waals surface area contributed by atoms with Crippen molar-refractivity contribution >= 4 is 6.09 Å². The molecule has 26 heavy (non-hydrogen) atoms. The van der Waals surface area contributed by atoms with Gasteiger partial charge in [0.25, 0.3) is 0 Å². The van der Waals surface area contributed by atoms with Crippen molar-refractivity contribution in [2.45, 2.75) is 25.9 Å². The van der Waals surface area contributed by atoms with Gasteiger partial charge in [0.05, 0.1) is 25.8 Å². The molecule has 7 heteroatoms. The van der Waals surface area contributed by atoms with E-state index in [0.717, 1.165) is 11.3 Å². The molecule has 0 aliphatic carbocycles. The minimum atomic E-state index is -0.319. The number of morpholine rings is 1. The Morgan fingerprint density at radius 2 is 2.04 bits per heavy atom. The number of rotatable bonds is 7. The Balaban J connectivity index is 1.39. The Hall–Kier alpha value is -2.35. The maximum absolute atomic E-state index is 12.2. The third-order valence-corrected chi connectivity index (χ3v) is 4.15. The molecule has 1 aromatic heterocycles. The molecule has 1 aliphatic heterocycles. The molecule has 0 radical (unpaired) electrons. The molecule has 0 saturated carbocycles. The lowest BCUT2D eigenvalue weighted by Crippen LogP contribution is -2.49. The fourth-order valence-electron chi connectivity index (χ4n) is 2.78. The highest BCUT2D eigenvalue weighted by atomic mass is 16.6. The SMILES string of the molecule is O=C(OCc1ccccc1)N1CCOC(CNCc2ccc(CO)o2)C1. The summed E-state index contributed by atoms with van der Waals surface area (Å²) < 4.78 is 16.5. The number of nitrogens with one attached hydrogen (secondary N) is 1. The summed E-state index contributed by atoms with van der Waals surface area (Å²) in [5.74, 6) is 1.30. The van der Waals surface area contributed by atoms with E-state index in [1.807, 2.05) is 36.4 Å². The van der Waals surface area contributed by atoms with E-state index in [0.29, 0.717) is 38.5 Å². The second-order valence-electron chi connectivity index (χ2n) is 6.14. The van der Waals surface area contributed by atoms with Crippen LogP contribution in [0.1, 0.15) is 17.1 Å². The van der Waals surface area contributed by atoms with Crippen molar-refractivity contribution in [1.29, 1.82) is 0 Å². The van der Waals surface area contributed by atoms with Crippen LogP contribution >= 0.6 is 0 Å². The number of furan rings is 1. The van der Waals surface area contributed by atoms with Crippen LogP contribution in [0.4, 0.5) is 4.79 Å². The normalized spacial score (nSPS) is 17.3. The average molecular weight is 360 g/mol. The highest BCUT2D eigenvalue weighted by Gasteiger charge is 2.25. The molecular weight excluding hydrogens is 336 g/mol. The summed E-state index contributed by atoms with van der Waals surface area (Å²) in [7, 11) is 0. The van der Waals surface area contributed by atoms with Crippen LogP contribution in [0.2, 0.25) is 0 Å². The van der Waals surface area contributed by atoms with E-state index in [-0.39, 0.29) is 25.4 Å². The number of nitrogens with zero attached hydrogens (tertiary/aromatic N) is 1. The Bertz CT molecular complexity index is 688. The lowest BCUT2D eigenvalue weighted by atomic mass is 10.2. The number of benzene rings is 1. The molecule has 1 atom stereocenters. The van der Waals surface area contributed by atoms with E-state index >= 15 is 0 Å². The predicted octanol–water partition coefficient (Wildman–Crippen LogP) is 1.90. The zero-order valence-corrected chi connectivity index (χ0v) is 14.6. The van der Waals surface area contributed by atoms with Crippen LogP contribution in [-0.4, -0.2) is 48.4 Å². The van der Waals surface area contributed by atoms with Gasteiger partial charge in [-0.05, 0) is 17.7 Å². The van der Waals surface area contributed by atoms with Crippen LogP contribution in [0, 0.1) is 0 Å². The Morgan fingerprint density at radius 1 is 1.23 bits per heavy atom. The fraction of sp³-hybridized carbons (Fsp3) is 0.421. The number of hydrogen-bond acceptors (Lipinski definition) is 6. The molecule has 7 nitrogen and oxygen atoms in total. The molecule has 1 aromatic carbocycles. The number of hydrogen-bond donors (Lipinski definition) is 2. The summed E-state index contributed by atoms with van der Waals surface area (Å²) in [5, 5.41) is 12.2. The van der Waals surface area contributed by atoms with Gasteiger partial charge in [0, 0.05) is 13.1 Å². The van der Waals surface area contributed by atoms with Crippen LogP contribution in [0.15, 0.2) is 46.9 Å². The standard InChI is InChI=1S/C19H24N2O5/c22-13-17-7-6-16(26-17)10-20-11-18-12-21(8-9-24-18)19(23)25-14-15-4-2-1-3-5-15/h1-7,18,20,22H,8-14H2. The number of amides is 1. The quantitative estimate of drug-likeness (QED) is 0.785. The number of aliphatic hydroxyl groups excluding tert-OH is 1. The van der Waals surface area contributed by atoms with Crippen LogP contribution in [0.3, 0.4) is 0 Å². The zero-order valence-electron chi connectivity index (χ0n) is 14.6. The highest BCUT2D eigenvalue weighted by molar-refractivity contribution is 5.67. The van der Waals surface area contributed by atoms with Gasteiger partial charge in [-0.3, -0.25) is 0 Å². The first kappa shape index (κ1) is 18.4. The molecule has 2 aromatic rings. The molecule has 1 unspecified atom stereocenters. The molecule has 1 saturated heterocycles. The lowest BCUT2D eigenvalue weighted by Gasteiger charge is -2.32. The van der Waals surface area contributed by atoms with Gasteiger partial charge in [0.1, 0.15) is 24.7 Å². The predicted molar refractivity (Wildman–Crippen MR) is 94.3 cm³/mol. The van der Waals surface area contributed by atoms with Gasteiger partial charge in [-0.2, -0.15) is 0 Å². The largest absolute Gasteiger partial charge is 0.462 e. The lowest BCUT2D eigenvalue weighted by molar-refractivity contribution is -0.0272. The van der Waals surface area contributed by atoms with E-state index in [4.69, 9.17) is 19.0 Å². The second-order valence-corrected chi connectivity index (χ2v) is 6.14. The summed E-state index contributed by atoms with van der Waals surface area (Å²) >= 11 is 0. The molecule has 3 rings (SSSR count). The molecule has 1 fully saturated rings. The van der Waals surface area contributed by atoms with Crippen molar-refractivity contribution in [3.63, 3.8) is 0 Å². The fourth-order valence-corrected chi connectivity index (χ4v) is 2.78. The summed E-state index contributed by atoms with van der Waals surface area (Å²) in [6.45, 7) is 2.80.